The van der Waals surface area contributed by atoms with Crippen LogP contribution in [0.5, 0.6) is 0 Å². The molecule has 0 aliphatic carbocycles. The number of ketones is 1. The van der Waals surface area contributed by atoms with Crippen LogP contribution in [0, 0.1) is 5.41 Å². The first-order chi connectivity index (χ1) is 14.1. The van der Waals surface area contributed by atoms with Gasteiger partial charge in [-0.25, -0.2) is 0 Å². The molecule has 0 aliphatic rings. The zero-order valence-electron chi connectivity index (χ0n) is 19.0. The SMILES string of the molecule is CCOC(=O)C(C)(C)C(=O)CCO[Si](c1ccccc1)(c1ccccc1)C(C)(C)C. The number of benzene rings is 2. The molecule has 0 radical (unpaired) electrons. The second-order valence-corrected chi connectivity index (χ2v) is 13.3. The summed E-state index contributed by atoms with van der Waals surface area (Å²) in [6.45, 7) is 12.1. The molecular formula is C25H34O4Si. The van der Waals surface area contributed by atoms with Gasteiger partial charge in [-0.2, -0.15) is 0 Å². The minimum absolute atomic E-state index is 0.157. The van der Waals surface area contributed by atoms with Gasteiger partial charge in [-0.05, 0) is 36.2 Å². The van der Waals surface area contributed by atoms with Crippen molar-refractivity contribution in [2.45, 2.75) is 53.0 Å². The van der Waals surface area contributed by atoms with Gasteiger partial charge in [-0.1, -0.05) is 81.4 Å². The summed E-state index contributed by atoms with van der Waals surface area (Å²) in [5.41, 5.74) is -1.18. The molecule has 5 heteroatoms. The topological polar surface area (TPSA) is 52.6 Å². The van der Waals surface area contributed by atoms with E-state index in [4.69, 9.17) is 9.16 Å². The fourth-order valence-electron chi connectivity index (χ4n) is 3.80. The van der Waals surface area contributed by atoms with Gasteiger partial charge in [0.25, 0.3) is 8.32 Å². The van der Waals surface area contributed by atoms with Gasteiger partial charge in [0.15, 0.2) is 5.78 Å². The van der Waals surface area contributed by atoms with Crippen LogP contribution in [0.4, 0.5) is 0 Å². The minimum atomic E-state index is -2.69. The Kier molecular flexibility index (Phi) is 7.78. The molecule has 0 saturated carbocycles. The van der Waals surface area contributed by atoms with Crippen LogP contribution in [0.2, 0.25) is 5.04 Å². The zero-order chi connectivity index (χ0) is 22.4. The maximum absolute atomic E-state index is 12.8. The van der Waals surface area contributed by atoms with Gasteiger partial charge < -0.3 is 9.16 Å². The first-order valence-electron chi connectivity index (χ1n) is 10.5. The van der Waals surface area contributed by atoms with Crippen molar-refractivity contribution in [3.63, 3.8) is 0 Å². The van der Waals surface area contributed by atoms with Crippen molar-refractivity contribution in [1.29, 1.82) is 0 Å². The van der Waals surface area contributed by atoms with Crippen LogP contribution < -0.4 is 10.4 Å². The highest BCUT2D eigenvalue weighted by atomic mass is 28.4. The molecule has 0 amide bonds. The van der Waals surface area contributed by atoms with E-state index in [2.05, 4.69) is 45.0 Å². The van der Waals surface area contributed by atoms with Gasteiger partial charge in [0.2, 0.25) is 0 Å². The summed E-state index contributed by atoms with van der Waals surface area (Å²) in [5, 5.41) is 2.18. The standard InChI is InChI=1S/C25H34O4Si/c1-7-28-23(27)25(5,6)22(26)18-19-29-30(24(2,3)4,20-14-10-8-11-15-20)21-16-12-9-13-17-21/h8-17H,7,18-19H2,1-6H3. The van der Waals surface area contributed by atoms with Crippen molar-refractivity contribution >= 4 is 30.4 Å². The van der Waals surface area contributed by atoms with Gasteiger partial charge in [0, 0.05) is 13.0 Å². The van der Waals surface area contributed by atoms with Gasteiger partial charge in [0.05, 0.1) is 6.61 Å². The summed E-state index contributed by atoms with van der Waals surface area (Å²) in [6.07, 6.45) is 0.163. The number of ether oxygens (including phenoxy) is 1. The van der Waals surface area contributed by atoms with Crippen LogP contribution in [-0.2, 0) is 18.8 Å². The normalized spacial score (nSPS) is 12.5. The fourth-order valence-corrected chi connectivity index (χ4v) is 8.36. The zero-order valence-corrected chi connectivity index (χ0v) is 20.0. The summed E-state index contributed by atoms with van der Waals surface area (Å²) in [6, 6.07) is 20.6. The molecule has 2 aromatic rings. The van der Waals surface area contributed by atoms with Crippen LogP contribution in [0.25, 0.3) is 0 Å². The summed E-state index contributed by atoms with van der Waals surface area (Å²) in [5.74, 6) is -0.653. The molecule has 0 heterocycles. The second kappa shape index (κ2) is 9.71. The van der Waals surface area contributed by atoms with E-state index >= 15 is 0 Å². The van der Waals surface area contributed by atoms with Gasteiger partial charge >= 0.3 is 5.97 Å². The van der Waals surface area contributed by atoms with E-state index in [9.17, 15) is 9.59 Å². The lowest BCUT2D eigenvalue weighted by Crippen LogP contribution is -2.66. The molecule has 0 spiro atoms. The maximum atomic E-state index is 12.8. The average molecular weight is 427 g/mol. The third-order valence-corrected chi connectivity index (χ3v) is 10.6. The van der Waals surface area contributed by atoms with Crippen LogP contribution in [0.15, 0.2) is 60.7 Å². The Morgan fingerprint density at radius 1 is 0.833 bits per heavy atom. The van der Waals surface area contributed by atoms with E-state index in [1.54, 1.807) is 20.8 Å². The summed E-state index contributed by atoms with van der Waals surface area (Å²) < 4.78 is 11.8. The lowest BCUT2D eigenvalue weighted by Gasteiger charge is -2.43. The Labute approximate surface area is 181 Å². The van der Waals surface area contributed by atoms with E-state index in [1.165, 1.54) is 10.4 Å². The predicted octanol–water partition coefficient (Wildman–Crippen LogP) is 4.11. The Bertz CT molecular complexity index is 799. The third kappa shape index (κ3) is 4.90. The number of hydrogen-bond donors (Lipinski definition) is 0. The molecule has 0 atom stereocenters. The predicted molar refractivity (Wildman–Crippen MR) is 124 cm³/mol. The van der Waals surface area contributed by atoms with E-state index in [1.807, 2.05) is 36.4 Å². The Morgan fingerprint density at radius 2 is 1.30 bits per heavy atom. The van der Waals surface area contributed by atoms with E-state index in [0.29, 0.717) is 0 Å². The van der Waals surface area contributed by atoms with Crippen LogP contribution in [0.1, 0.15) is 48.0 Å². The Morgan fingerprint density at radius 3 is 1.70 bits per heavy atom. The van der Waals surface area contributed by atoms with Crippen LogP contribution in [-0.4, -0.2) is 33.3 Å². The molecule has 0 fully saturated rings. The number of rotatable bonds is 9. The largest absolute Gasteiger partial charge is 0.465 e. The Hall–Kier alpha value is -2.24. The molecule has 0 aliphatic heterocycles. The highest BCUT2D eigenvalue weighted by molar-refractivity contribution is 6.99. The number of hydrogen-bond acceptors (Lipinski definition) is 4. The number of esters is 1. The van der Waals surface area contributed by atoms with Crippen molar-refractivity contribution < 1.29 is 18.8 Å². The highest BCUT2D eigenvalue weighted by Crippen LogP contribution is 2.37. The minimum Gasteiger partial charge on any atom is -0.465 e. The van der Waals surface area contributed by atoms with Crippen LogP contribution in [0.3, 0.4) is 0 Å². The molecule has 30 heavy (non-hydrogen) atoms. The second-order valence-electron chi connectivity index (χ2n) is 9.03. The number of Topliss-reactive ketones (excluding diaryl/α,β-unsaturated/α-hetero) is 1. The van der Waals surface area contributed by atoms with Gasteiger partial charge in [-0.3, -0.25) is 9.59 Å². The quantitative estimate of drug-likeness (QED) is 0.344. The average Bonchev–Trinajstić information content (AvgIpc) is 2.71. The van der Waals surface area contributed by atoms with E-state index < -0.39 is 19.7 Å². The van der Waals surface area contributed by atoms with Crippen molar-refractivity contribution in [3.8, 4) is 0 Å². The molecule has 0 bridgehead atoms. The molecule has 0 unspecified atom stereocenters. The summed E-state index contributed by atoms with van der Waals surface area (Å²) in [4.78, 5) is 25.0. The molecule has 0 saturated heterocycles. The van der Waals surface area contributed by atoms with Crippen molar-refractivity contribution in [3.05, 3.63) is 60.7 Å². The lowest BCUT2D eigenvalue weighted by molar-refractivity contribution is -0.158. The maximum Gasteiger partial charge on any atom is 0.319 e. The fraction of sp³-hybridized carbons (Fsp3) is 0.440. The van der Waals surface area contributed by atoms with Crippen LogP contribution >= 0.6 is 0 Å². The van der Waals surface area contributed by atoms with Crippen molar-refractivity contribution in [2.75, 3.05) is 13.2 Å². The molecule has 2 rings (SSSR count). The molecule has 2 aromatic carbocycles. The Balaban J connectivity index is 2.36. The third-order valence-electron chi connectivity index (χ3n) is 5.55. The van der Waals surface area contributed by atoms with Crippen molar-refractivity contribution in [2.24, 2.45) is 5.41 Å². The number of carbonyl (C=O) groups excluding carboxylic acids is 2. The molecule has 4 nitrogen and oxygen atoms in total. The van der Waals surface area contributed by atoms with Crippen molar-refractivity contribution in [1.82, 2.24) is 0 Å². The lowest BCUT2D eigenvalue weighted by atomic mass is 9.86. The smallest absolute Gasteiger partial charge is 0.319 e. The monoisotopic (exact) mass is 426 g/mol. The molecule has 0 aromatic heterocycles. The molecule has 0 N–H and O–H groups in total. The molecule has 162 valence electrons. The first kappa shape index (κ1) is 24.0. The van der Waals surface area contributed by atoms with Gasteiger partial charge in [0.1, 0.15) is 5.41 Å². The number of carbonyl (C=O) groups is 2. The summed E-state index contributed by atoms with van der Waals surface area (Å²) >= 11 is 0. The van der Waals surface area contributed by atoms with E-state index in [0.717, 1.165) is 0 Å². The highest BCUT2D eigenvalue weighted by Gasteiger charge is 2.50. The van der Waals surface area contributed by atoms with Gasteiger partial charge in [-0.15, -0.1) is 0 Å². The van der Waals surface area contributed by atoms with E-state index in [-0.39, 0.29) is 30.5 Å². The summed E-state index contributed by atoms with van der Waals surface area (Å²) in [7, 11) is -2.69. The molecular weight excluding hydrogens is 392 g/mol. The first-order valence-corrected chi connectivity index (χ1v) is 12.4.